The van der Waals surface area contributed by atoms with E-state index in [-0.39, 0.29) is 0 Å². The third-order valence-corrected chi connectivity index (χ3v) is 5.39. The van der Waals surface area contributed by atoms with E-state index in [0.717, 1.165) is 0 Å². The van der Waals surface area contributed by atoms with Gasteiger partial charge >= 0.3 is 0 Å². The van der Waals surface area contributed by atoms with Crippen molar-refractivity contribution in [3.05, 3.63) is 34.3 Å². The van der Waals surface area contributed by atoms with Crippen molar-refractivity contribution in [2.45, 2.75) is 45.6 Å². The molecule has 2 rings (SSSR count). The molecule has 0 spiro atoms. The fourth-order valence-electron chi connectivity index (χ4n) is 3.84. The molecular weight excluding hydrogens is 274 g/mol. The number of hydrogen-bond donors (Lipinski definition) is 1. The Kier molecular flexibility index (Phi) is 3.65. The monoisotopic (exact) mass is 295 g/mol. The quantitative estimate of drug-likeness (QED) is 0.883. The molecular formula is C15H22BrN. The summed E-state index contributed by atoms with van der Waals surface area (Å²) in [4.78, 5) is 0. The van der Waals surface area contributed by atoms with Gasteiger partial charge in [0.05, 0.1) is 0 Å². The van der Waals surface area contributed by atoms with Crippen molar-refractivity contribution in [3.63, 3.8) is 0 Å². The van der Waals surface area contributed by atoms with Gasteiger partial charge in [0.25, 0.3) is 0 Å². The van der Waals surface area contributed by atoms with Crippen molar-refractivity contribution in [2.75, 3.05) is 0 Å². The molecule has 0 heterocycles. The van der Waals surface area contributed by atoms with Crippen LogP contribution in [0.4, 0.5) is 0 Å². The van der Waals surface area contributed by atoms with Gasteiger partial charge in [0.1, 0.15) is 0 Å². The lowest BCUT2D eigenvalue weighted by atomic mass is 9.47. The van der Waals surface area contributed by atoms with Gasteiger partial charge in [-0.25, -0.2) is 0 Å². The average Bonchev–Trinajstić information content (AvgIpc) is 2.34. The van der Waals surface area contributed by atoms with E-state index in [1.807, 2.05) is 0 Å². The number of nitrogens with two attached hydrogens (primary N) is 1. The summed E-state index contributed by atoms with van der Waals surface area (Å²) in [5.74, 6) is 1.20. The van der Waals surface area contributed by atoms with Crippen LogP contribution >= 0.6 is 15.9 Å². The molecule has 1 saturated carbocycles. The lowest BCUT2D eigenvalue weighted by molar-refractivity contribution is -0.0180. The minimum atomic E-state index is 0.306. The fraction of sp³-hybridized carbons (Fsp3) is 0.600. The second kappa shape index (κ2) is 4.74. The first-order valence-corrected chi connectivity index (χ1v) is 7.37. The number of benzene rings is 1. The van der Waals surface area contributed by atoms with Gasteiger partial charge in [0.15, 0.2) is 0 Å². The molecule has 1 fully saturated rings. The van der Waals surface area contributed by atoms with Crippen LogP contribution in [-0.4, -0.2) is 6.04 Å². The number of rotatable bonds is 3. The Bertz CT molecular complexity index is 398. The standard InChI is InChI=1S/C15H22BrN/c1-4-15(5-2)13(10(3)14(15)17)11-7-6-8-12(16)9-11/h6-10,13-14H,4-5,17H2,1-3H3. The highest BCUT2D eigenvalue weighted by Gasteiger charge is 2.56. The summed E-state index contributed by atoms with van der Waals surface area (Å²) in [6.07, 6.45) is 2.35. The van der Waals surface area contributed by atoms with Gasteiger partial charge < -0.3 is 5.73 Å². The summed E-state index contributed by atoms with van der Waals surface area (Å²) in [5.41, 5.74) is 8.12. The largest absolute Gasteiger partial charge is 0.327 e. The molecule has 0 amide bonds. The molecule has 0 aromatic heterocycles. The van der Waals surface area contributed by atoms with Crippen molar-refractivity contribution < 1.29 is 0 Å². The first-order valence-electron chi connectivity index (χ1n) is 6.58. The Morgan fingerprint density at radius 1 is 1.29 bits per heavy atom. The first-order chi connectivity index (χ1) is 8.06. The molecule has 3 atom stereocenters. The molecule has 0 bridgehead atoms. The Morgan fingerprint density at radius 3 is 2.47 bits per heavy atom. The van der Waals surface area contributed by atoms with Crippen molar-refractivity contribution in [1.29, 1.82) is 0 Å². The molecule has 0 aliphatic heterocycles. The topological polar surface area (TPSA) is 26.0 Å². The third-order valence-electron chi connectivity index (χ3n) is 4.90. The van der Waals surface area contributed by atoms with Crippen molar-refractivity contribution in [3.8, 4) is 0 Å². The van der Waals surface area contributed by atoms with Crippen LogP contribution in [0.15, 0.2) is 28.7 Å². The van der Waals surface area contributed by atoms with E-state index in [1.165, 1.54) is 22.9 Å². The smallest absolute Gasteiger partial charge is 0.0178 e. The van der Waals surface area contributed by atoms with Crippen LogP contribution in [0.5, 0.6) is 0 Å². The molecule has 0 saturated heterocycles. The van der Waals surface area contributed by atoms with Crippen LogP contribution in [0.3, 0.4) is 0 Å². The molecule has 0 radical (unpaired) electrons. The van der Waals surface area contributed by atoms with E-state index < -0.39 is 0 Å². The Labute approximate surface area is 113 Å². The summed E-state index contributed by atoms with van der Waals surface area (Å²) in [6.45, 7) is 6.85. The van der Waals surface area contributed by atoms with Gasteiger partial charge in [-0.05, 0) is 47.8 Å². The van der Waals surface area contributed by atoms with Crippen LogP contribution in [0.2, 0.25) is 0 Å². The molecule has 3 unspecified atom stereocenters. The Balaban J connectivity index is 2.37. The van der Waals surface area contributed by atoms with E-state index in [1.54, 1.807) is 0 Å². The normalized spacial score (nSPS) is 31.0. The molecule has 94 valence electrons. The van der Waals surface area contributed by atoms with E-state index in [9.17, 15) is 0 Å². The molecule has 1 aromatic carbocycles. The van der Waals surface area contributed by atoms with Gasteiger partial charge in [-0.3, -0.25) is 0 Å². The zero-order chi connectivity index (χ0) is 12.6. The van der Waals surface area contributed by atoms with E-state index in [2.05, 4.69) is 61.0 Å². The highest BCUT2D eigenvalue weighted by molar-refractivity contribution is 9.10. The highest BCUT2D eigenvalue weighted by Crippen LogP contribution is 2.59. The minimum Gasteiger partial charge on any atom is -0.327 e. The maximum absolute atomic E-state index is 6.38. The van der Waals surface area contributed by atoms with Crippen LogP contribution < -0.4 is 5.73 Å². The Hall–Kier alpha value is -0.340. The van der Waals surface area contributed by atoms with E-state index in [0.29, 0.717) is 23.3 Å². The summed E-state index contributed by atoms with van der Waals surface area (Å²) in [7, 11) is 0. The second-order valence-electron chi connectivity index (χ2n) is 5.36. The molecule has 17 heavy (non-hydrogen) atoms. The maximum atomic E-state index is 6.38. The van der Waals surface area contributed by atoms with Gasteiger partial charge in [0.2, 0.25) is 0 Å². The second-order valence-corrected chi connectivity index (χ2v) is 6.27. The third kappa shape index (κ3) is 1.86. The zero-order valence-electron chi connectivity index (χ0n) is 10.9. The zero-order valence-corrected chi connectivity index (χ0v) is 12.5. The first kappa shape index (κ1) is 13.1. The van der Waals surface area contributed by atoms with Gasteiger partial charge in [-0.15, -0.1) is 0 Å². The van der Waals surface area contributed by atoms with Gasteiger partial charge in [-0.1, -0.05) is 48.8 Å². The molecule has 2 N–H and O–H groups in total. The van der Waals surface area contributed by atoms with Crippen LogP contribution in [0, 0.1) is 11.3 Å². The Morgan fingerprint density at radius 2 is 1.94 bits per heavy atom. The van der Waals surface area contributed by atoms with Gasteiger partial charge in [0, 0.05) is 10.5 Å². The summed E-state index contributed by atoms with van der Waals surface area (Å²) < 4.78 is 1.17. The van der Waals surface area contributed by atoms with Crippen molar-refractivity contribution >= 4 is 15.9 Å². The fourth-order valence-corrected chi connectivity index (χ4v) is 4.26. The molecule has 2 heteroatoms. The highest BCUT2D eigenvalue weighted by atomic mass is 79.9. The lowest BCUT2D eigenvalue weighted by Crippen LogP contribution is -2.62. The summed E-state index contributed by atoms with van der Waals surface area (Å²) in [5, 5.41) is 0. The van der Waals surface area contributed by atoms with Crippen molar-refractivity contribution in [2.24, 2.45) is 17.1 Å². The summed E-state index contributed by atoms with van der Waals surface area (Å²) >= 11 is 3.57. The maximum Gasteiger partial charge on any atom is 0.0178 e. The number of hydrogen-bond acceptors (Lipinski definition) is 1. The van der Waals surface area contributed by atoms with Crippen LogP contribution in [0.25, 0.3) is 0 Å². The van der Waals surface area contributed by atoms with E-state index >= 15 is 0 Å². The summed E-state index contributed by atoms with van der Waals surface area (Å²) in [6, 6.07) is 9.07. The predicted molar refractivity (Wildman–Crippen MR) is 77.0 cm³/mol. The molecule has 1 aliphatic carbocycles. The van der Waals surface area contributed by atoms with Gasteiger partial charge in [-0.2, -0.15) is 0 Å². The minimum absolute atomic E-state index is 0.306. The average molecular weight is 296 g/mol. The van der Waals surface area contributed by atoms with Crippen LogP contribution in [-0.2, 0) is 0 Å². The number of halogens is 1. The predicted octanol–water partition coefficient (Wildman–Crippen LogP) is 4.32. The lowest BCUT2D eigenvalue weighted by Gasteiger charge is -2.59. The molecule has 1 nitrogen and oxygen atoms in total. The van der Waals surface area contributed by atoms with E-state index in [4.69, 9.17) is 5.73 Å². The van der Waals surface area contributed by atoms with Crippen LogP contribution in [0.1, 0.15) is 45.1 Å². The SMILES string of the molecule is CCC1(CC)C(N)C(C)C1c1cccc(Br)c1. The van der Waals surface area contributed by atoms with Crippen molar-refractivity contribution in [1.82, 2.24) is 0 Å². The molecule has 1 aromatic rings. The molecule has 1 aliphatic rings.